The lowest BCUT2D eigenvalue weighted by molar-refractivity contribution is 0.419. The van der Waals surface area contributed by atoms with Crippen molar-refractivity contribution in [1.82, 2.24) is 15.5 Å². The van der Waals surface area contributed by atoms with Crippen LogP contribution in [-0.2, 0) is 19.3 Å². The Bertz CT molecular complexity index is 596. The molecule has 2 aromatic rings. The van der Waals surface area contributed by atoms with E-state index in [-0.39, 0.29) is 12.4 Å². The first-order chi connectivity index (χ1) is 9.65. The number of aryl methyl sites for hydroxylation is 1. The molecule has 6 heteroatoms. The highest BCUT2D eigenvalue weighted by Gasteiger charge is 2.21. The fourth-order valence-electron chi connectivity index (χ4n) is 2.62. The highest BCUT2D eigenvalue weighted by Crippen LogP contribution is 2.36. The van der Waals surface area contributed by atoms with E-state index in [4.69, 9.17) is 4.52 Å². The first kappa shape index (κ1) is 16.5. The van der Waals surface area contributed by atoms with Crippen molar-refractivity contribution in [3.8, 4) is 10.8 Å². The molecule has 2 heterocycles. The van der Waals surface area contributed by atoms with Gasteiger partial charge in [0.2, 0.25) is 0 Å². The Labute approximate surface area is 135 Å². The summed E-state index contributed by atoms with van der Waals surface area (Å²) < 4.78 is 5.42. The molecule has 21 heavy (non-hydrogen) atoms. The smallest absolute Gasteiger partial charge is 0.268 e. The van der Waals surface area contributed by atoms with Gasteiger partial charge in [-0.2, -0.15) is 4.98 Å². The molecule has 2 unspecified atom stereocenters. The van der Waals surface area contributed by atoms with Gasteiger partial charge in [-0.3, -0.25) is 0 Å². The molecule has 0 aromatic carbocycles. The molecule has 3 rings (SSSR count). The third-order valence-corrected chi connectivity index (χ3v) is 5.21. The quantitative estimate of drug-likeness (QED) is 0.933. The van der Waals surface area contributed by atoms with Crippen LogP contribution in [0, 0.1) is 5.92 Å². The number of likely N-dealkylation sites (N-methyl/N-ethyl adjacent to an activating group) is 1. The third kappa shape index (κ3) is 3.65. The molecule has 1 N–H and O–H groups in total. The molecule has 2 atom stereocenters. The molecular weight excluding hydrogens is 306 g/mol. The zero-order chi connectivity index (χ0) is 14.1. The Kier molecular flexibility index (Phi) is 5.41. The van der Waals surface area contributed by atoms with Crippen molar-refractivity contribution in [3.05, 3.63) is 22.3 Å². The number of aromatic nitrogens is 2. The molecule has 0 saturated carbocycles. The summed E-state index contributed by atoms with van der Waals surface area (Å²) in [6, 6.07) is 2.60. The van der Waals surface area contributed by atoms with Gasteiger partial charge < -0.3 is 9.84 Å². The largest absolute Gasteiger partial charge is 0.333 e. The van der Waals surface area contributed by atoms with Gasteiger partial charge in [-0.1, -0.05) is 12.1 Å². The van der Waals surface area contributed by atoms with Crippen molar-refractivity contribution < 1.29 is 4.52 Å². The van der Waals surface area contributed by atoms with Crippen LogP contribution in [-0.4, -0.2) is 23.2 Å². The van der Waals surface area contributed by atoms with Crippen LogP contribution in [0.2, 0.25) is 0 Å². The second kappa shape index (κ2) is 6.90. The summed E-state index contributed by atoms with van der Waals surface area (Å²) in [6.45, 7) is 4.44. The van der Waals surface area contributed by atoms with Crippen molar-refractivity contribution in [3.63, 3.8) is 0 Å². The van der Waals surface area contributed by atoms with E-state index in [1.807, 2.05) is 18.4 Å². The third-order valence-electron chi connectivity index (χ3n) is 3.99. The fourth-order valence-corrected chi connectivity index (χ4v) is 3.75. The SMILES string of the molecule is CNC(C)Cc1noc(-c2cc3c(s2)CCC(C)C3)n1.Cl. The van der Waals surface area contributed by atoms with Gasteiger partial charge in [-0.15, -0.1) is 23.7 Å². The van der Waals surface area contributed by atoms with Crippen molar-refractivity contribution in [1.29, 1.82) is 0 Å². The Balaban J connectivity index is 0.00000161. The van der Waals surface area contributed by atoms with Crippen molar-refractivity contribution in [2.24, 2.45) is 5.92 Å². The normalized spacial score (nSPS) is 18.9. The van der Waals surface area contributed by atoms with Crippen LogP contribution in [0.1, 0.15) is 36.5 Å². The van der Waals surface area contributed by atoms with Crippen LogP contribution >= 0.6 is 23.7 Å². The van der Waals surface area contributed by atoms with E-state index in [1.54, 1.807) is 0 Å². The van der Waals surface area contributed by atoms with Gasteiger partial charge in [0.1, 0.15) is 0 Å². The average Bonchev–Trinajstić information content (AvgIpc) is 3.04. The Morgan fingerprint density at radius 1 is 1.52 bits per heavy atom. The molecule has 0 fully saturated rings. The molecule has 1 aliphatic carbocycles. The van der Waals surface area contributed by atoms with E-state index in [1.165, 1.54) is 29.7 Å². The van der Waals surface area contributed by atoms with Gasteiger partial charge in [-0.05, 0) is 50.8 Å². The van der Waals surface area contributed by atoms with Crippen LogP contribution in [0.3, 0.4) is 0 Å². The number of fused-ring (bicyclic) bond motifs is 1. The molecule has 0 spiro atoms. The summed E-state index contributed by atoms with van der Waals surface area (Å²) in [5.41, 5.74) is 1.48. The van der Waals surface area contributed by atoms with Gasteiger partial charge in [0, 0.05) is 17.3 Å². The first-order valence-electron chi connectivity index (χ1n) is 7.27. The number of thiophene rings is 1. The van der Waals surface area contributed by atoms with E-state index in [0.717, 1.165) is 23.0 Å². The van der Waals surface area contributed by atoms with Gasteiger partial charge >= 0.3 is 0 Å². The van der Waals surface area contributed by atoms with Gasteiger partial charge in [-0.25, -0.2) is 0 Å². The maximum atomic E-state index is 5.42. The summed E-state index contributed by atoms with van der Waals surface area (Å²) in [5.74, 6) is 2.25. The minimum Gasteiger partial charge on any atom is -0.333 e. The monoisotopic (exact) mass is 327 g/mol. The lowest BCUT2D eigenvalue weighted by atomic mass is 9.90. The van der Waals surface area contributed by atoms with Crippen LogP contribution in [0.4, 0.5) is 0 Å². The van der Waals surface area contributed by atoms with Gasteiger partial charge in [0.15, 0.2) is 5.82 Å². The summed E-state index contributed by atoms with van der Waals surface area (Å²) in [4.78, 5) is 7.15. The number of hydrogen-bond donors (Lipinski definition) is 1. The van der Waals surface area contributed by atoms with Crippen molar-refractivity contribution in [2.45, 2.75) is 45.6 Å². The molecule has 0 radical (unpaired) electrons. The zero-order valence-electron chi connectivity index (χ0n) is 12.7. The number of halogens is 1. The van der Waals surface area contributed by atoms with E-state index in [2.05, 4.69) is 35.4 Å². The summed E-state index contributed by atoms with van der Waals surface area (Å²) >= 11 is 1.82. The van der Waals surface area contributed by atoms with Gasteiger partial charge in [0.05, 0.1) is 4.88 Å². The lowest BCUT2D eigenvalue weighted by Crippen LogP contribution is -2.24. The van der Waals surface area contributed by atoms with Crippen molar-refractivity contribution >= 4 is 23.7 Å². The molecule has 1 aliphatic rings. The zero-order valence-corrected chi connectivity index (χ0v) is 14.3. The number of hydrogen-bond acceptors (Lipinski definition) is 5. The van der Waals surface area contributed by atoms with E-state index in [0.29, 0.717) is 11.9 Å². The molecule has 116 valence electrons. The topological polar surface area (TPSA) is 51.0 Å². The second-order valence-corrected chi connectivity index (χ2v) is 6.95. The van der Waals surface area contributed by atoms with Crippen LogP contribution in [0.15, 0.2) is 10.6 Å². The average molecular weight is 328 g/mol. The maximum absolute atomic E-state index is 5.42. The summed E-state index contributed by atoms with van der Waals surface area (Å²) in [6.07, 6.45) is 4.46. The van der Waals surface area contributed by atoms with Crippen LogP contribution in [0.5, 0.6) is 0 Å². The van der Waals surface area contributed by atoms with Gasteiger partial charge in [0.25, 0.3) is 5.89 Å². The Hall–Kier alpha value is -0.910. The van der Waals surface area contributed by atoms with Crippen LogP contribution in [0.25, 0.3) is 10.8 Å². The molecule has 0 saturated heterocycles. The molecule has 2 aromatic heterocycles. The summed E-state index contributed by atoms with van der Waals surface area (Å²) in [7, 11) is 1.94. The Morgan fingerprint density at radius 2 is 2.33 bits per heavy atom. The van der Waals surface area contributed by atoms with E-state index < -0.39 is 0 Å². The second-order valence-electron chi connectivity index (χ2n) is 5.82. The predicted molar refractivity (Wildman–Crippen MR) is 88.3 cm³/mol. The summed E-state index contributed by atoms with van der Waals surface area (Å²) in [5, 5.41) is 7.27. The highest BCUT2D eigenvalue weighted by atomic mass is 35.5. The van der Waals surface area contributed by atoms with Crippen molar-refractivity contribution in [2.75, 3.05) is 7.05 Å². The minimum absolute atomic E-state index is 0. The van der Waals surface area contributed by atoms with Crippen LogP contribution < -0.4 is 5.32 Å². The maximum Gasteiger partial charge on any atom is 0.268 e. The number of rotatable bonds is 4. The molecular formula is C15H22ClN3OS. The lowest BCUT2D eigenvalue weighted by Gasteiger charge is -2.16. The predicted octanol–water partition coefficient (Wildman–Crippen LogP) is 3.50. The molecule has 0 aliphatic heterocycles. The Morgan fingerprint density at radius 3 is 3.10 bits per heavy atom. The fraction of sp³-hybridized carbons (Fsp3) is 0.600. The van der Waals surface area contributed by atoms with E-state index >= 15 is 0 Å². The molecule has 0 bridgehead atoms. The first-order valence-corrected chi connectivity index (χ1v) is 8.09. The highest BCUT2D eigenvalue weighted by molar-refractivity contribution is 7.15. The minimum atomic E-state index is 0. The standard InChI is InChI=1S/C15H21N3OS.ClH/c1-9-4-5-12-11(6-9)8-13(20-12)15-17-14(18-19-15)7-10(2)16-3;/h8-10,16H,4-7H2,1-3H3;1H. The number of nitrogens with zero attached hydrogens (tertiary/aromatic N) is 2. The molecule has 0 amide bonds. The molecule has 4 nitrogen and oxygen atoms in total. The number of nitrogens with one attached hydrogen (secondary N) is 1. The van der Waals surface area contributed by atoms with E-state index in [9.17, 15) is 0 Å².